The van der Waals surface area contributed by atoms with Crippen LogP contribution in [0.3, 0.4) is 0 Å². The normalized spacial score (nSPS) is 10.4. The molecule has 2 N–H and O–H groups in total. The van der Waals surface area contributed by atoms with E-state index in [9.17, 15) is 9.59 Å². The SMILES string of the molecule is CNC(=O)c1sc2ccc(NC(=O)c3cccnc3)cc2c1OC. The van der Waals surface area contributed by atoms with Crippen molar-refractivity contribution in [3.05, 3.63) is 53.2 Å². The average molecular weight is 341 g/mol. The molecule has 2 aromatic heterocycles. The summed E-state index contributed by atoms with van der Waals surface area (Å²) < 4.78 is 6.30. The number of pyridine rings is 1. The summed E-state index contributed by atoms with van der Waals surface area (Å²) in [5.41, 5.74) is 1.09. The molecule has 0 bridgehead atoms. The van der Waals surface area contributed by atoms with E-state index in [1.807, 2.05) is 6.07 Å². The van der Waals surface area contributed by atoms with E-state index in [1.165, 1.54) is 24.6 Å². The summed E-state index contributed by atoms with van der Waals surface area (Å²) in [6.07, 6.45) is 3.11. The van der Waals surface area contributed by atoms with Gasteiger partial charge in [-0.1, -0.05) is 0 Å². The summed E-state index contributed by atoms with van der Waals surface area (Å²) >= 11 is 1.35. The van der Waals surface area contributed by atoms with E-state index >= 15 is 0 Å². The first-order chi connectivity index (χ1) is 11.6. The number of hydrogen-bond acceptors (Lipinski definition) is 5. The first-order valence-corrected chi connectivity index (χ1v) is 7.99. The molecule has 0 atom stereocenters. The van der Waals surface area contributed by atoms with Gasteiger partial charge in [-0.15, -0.1) is 11.3 Å². The van der Waals surface area contributed by atoms with E-state index in [-0.39, 0.29) is 11.8 Å². The number of rotatable bonds is 4. The van der Waals surface area contributed by atoms with Crippen molar-refractivity contribution >= 4 is 38.9 Å². The Morgan fingerprint density at radius 1 is 1.21 bits per heavy atom. The van der Waals surface area contributed by atoms with Gasteiger partial charge < -0.3 is 15.4 Å². The van der Waals surface area contributed by atoms with Crippen molar-refractivity contribution in [1.82, 2.24) is 10.3 Å². The van der Waals surface area contributed by atoms with Gasteiger partial charge in [0.05, 0.1) is 12.7 Å². The lowest BCUT2D eigenvalue weighted by Crippen LogP contribution is -2.16. The maximum Gasteiger partial charge on any atom is 0.264 e. The zero-order valence-electron chi connectivity index (χ0n) is 13.1. The molecule has 0 aliphatic heterocycles. The van der Waals surface area contributed by atoms with Gasteiger partial charge in [-0.05, 0) is 30.3 Å². The minimum absolute atomic E-state index is 0.200. The number of thiophene rings is 1. The van der Waals surface area contributed by atoms with Crippen molar-refractivity contribution in [1.29, 1.82) is 0 Å². The van der Waals surface area contributed by atoms with Crippen LogP contribution in [0.25, 0.3) is 10.1 Å². The van der Waals surface area contributed by atoms with Gasteiger partial charge in [-0.3, -0.25) is 14.6 Å². The van der Waals surface area contributed by atoms with Crippen LogP contribution in [0.1, 0.15) is 20.0 Å². The lowest BCUT2D eigenvalue weighted by Gasteiger charge is -2.06. The molecule has 0 aliphatic rings. The van der Waals surface area contributed by atoms with Crippen LogP contribution in [-0.4, -0.2) is 31.0 Å². The number of nitrogens with one attached hydrogen (secondary N) is 2. The van der Waals surface area contributed by atoms with Crippen molar-refractivity contribution in [2.24, 2.45) is 0 Å². The van der Waals surface area contributed by atoms with Gasteiger partial charge in [0.15, 0.2) is 0 Å². The van der Waals surface area contributed by atoms with E-state index in [2.05, 4.69) is 15.6 Å². The highest BCUT2D eigenvalue weighted by Crippen LogP contribution is 2.39. The van der Waals surface area contributed by atoms with Crippen molar-refractivity contribution in [2.75, 3.05) is 19.5 Å². The number of hydrogen-bond donors (Lipinski definition) is 2. The van der Waals surface area contributed by atoms with Crippen LogP contribution in [-0.2, 0) is 0 Å². The van der Waals surface area contributed by atoms with Gasteiger partial charge in [-0.25, -0.2) is 0 Å². The van der Waals surface area contributed by atoms with Gasteiger partial charge in [0.2, 0.25) is 0 Å². The minimum atomic E-state index is -0.247. The van der Waals surface area contributed by atoms with Crippen molar-refractivity contribution in [2.45, 2.75) is 0 Å². The predicted molar refractivity (Wildman–Crippen MR) is 94.0 cm³/mol. The maximum atomic E-state index is 12.2. The number of ether oxygens (including phenoxy) is 1. The molecular formula is C17H15N3O3S. The number of nitrogens with zero attached hydrogens (tertiary/aromatic N) is 1. The smallest absolute Gasteiger partial charge is 0.264 e. The van der Waals surface area contributed by atoms with Gasteiger partial charge in [0.1, 0.15) is 10.6 Å². The Bertz CT molecular complexity index is 906. The molecule has 2 amide bonds. The molecule has 6 nitrogen and oxygen atoms in total. The Morgan fingerprint density at radius 3 is 2.71 bits per heavy atom. The van der Waals surface area contributed by atoms with E-state index in [0.29, 0.717) is 21.9 Å². The molecule has 0 spiro atoms. The number of benzene rings is 1. The molecule has 7 heteroatoms. The average Bonchev–Trinajstić information content (AvgIpc) is 2.99. The van der Waals surface area contributed by atoms with Crippen LogP contribution < -0.4 is 15.4 Å². The highest BCUT2D eigenvalue weighted by atomic mass is 32.1. The largest absolute Gasteiger partial charge is 0.494 e. The molecule has 1 aromatic carbocycles. The predicted octanol–water partition coefficient (Wildman–Crippen LogP) is 2.92. The van der Waals surface area contributed by atoms with Gasteiger partial charge in [0, 0.05) is 35.2 Å². The monoisotopic (exact) mass is 341 g/mol. The Hall–Kier alpha value is -2.93. The van der Waals surface area contributed by atoms with Crippen molar-refractivity contribution in [3.63, 3.8) is 0 Å². The topological polar surface area (TPSA) is 80.3 Å². The number of anilines is 1. The summed E-state index contributed by atoms with van der Waals surface area (Å²) in [5.74, 6) is 0.0593. The number of amides is 2. The standard InChI is InChI=1S/C17H15N3O3S/c1-18-17(22)15-14(23-2)12-8-11(5-6-13(12)24-15)20-16(21)10-4-3-7-19-9-10/h3-9H,1-2H3,(H,18,22)(H,20,21). The van der Waals surface area contributed by atoms with Crippen LogP contribution in [0.15, 0.2) is 42.7 Å². The van der Waals surface area contributed by atoms with E-state index in [1.54, 1.807) is 37.5 Å². The number of aromatic nitrogens is 1. The minimum Gasteiger partial charge on any atom is -0.494 e. The molecule has 0 saturated carbocycles. The summed E-state index contributed by atoms with van der Waals surface area (Å²) in [5, 5.41) is 6.21. The zero-order valence-corrected chi connectivity index (χ0v) is 13.9. The highest BCUT2D eigenvalue weighted by Gasteiger charge is 2.19. The molecule has 122 valence electrons. The quantitative estimate of drug-likeness (QED) is 0.765. The van der Waals surface area contributed by atoms with E-state index < -0.39 is 0 Å². The van der Waals surface area contributed by atoms with Gasteiger partial charge >= 0.3 is 0 Å². The summed E-state index contributed by atoms with van der Waals surface area (Å²) in [4.78, 5) is 28.6. The molecule has 2 heterocycles. The first kappa shape index (κ1) is 15.9. The molecule has 3 rings (SSSR count). The molecule has 0 fully saturated rings. The molecule has 0 radical (unpaired) electrons. The molecule has 0 aliphatic carbocycles. The lowest BCUT2D eigenvalue weighted by atomic mass is 10.2. The summed E-state index contributed by atoms with van der Waals surface area (Å²) in [7, 11) is 3.10. The van der Waals surface area contributed by atoms with Gasteiger partial charge in [-0.2, -0.15) is 0 Å². The van der Waals surface area contributed by atoms with E-state index in [0.717, 1.165) is 10.1 Å². The van der Waals surface area contributed by atoms with Crippen molar-refractivity contribution < 1.29 is 14.3 Å². The molecule has 0 saturated heterocycles. The van der Waals surface area contributed by atoms with Crippen LogP contribution in [0.4, 0.5) is 5.69 Å². The lowest BCUT2D eigenvalue weighted by molar-refractivity contribution is 0.0963. The fourth-order valence-electron chi connectivity index (χ4n) is 2.32. The van der Waals surface area contributed by atoms with Crippen LogP contribution >= 0.6 is 11.3 Å². The van der Waals surface area contributed by atoms with E-state index in [4.69, 9.17) is 4.74 Å². The molecular weight excluding hydrogens is 326 g/mol. The van der Waals surface area contributed by atoms with Crippen LogP contribution in [0.5, 0.6) is 5.75 Å². The highest BCUT2D eigenvalue weighted by molar-refractivity contribution is 7.21. The molecule has 3 aromatic rings. The number of fused-ring (bicyclic) bond motifs is 1. The number of carbonyl (C=O) groups excluding carboxylic acids is 2. The van der Waals surface area contributed by atoms with Crippen LogP contribution in [0, 0.1) is 0 Å². The number of carbonyl (C=O) groups is 2. The third-order valence-electron chi connectivity index (χ3n) is 3.46. The van der Waals surface area contributed by atoms with Crippen LogP contribution in [0.2, 0.25) is 0 Å². The first-order valence-electron chi connectivity index (χ1n) is 7.18. The Kier molecular flexibility index (Phi) is 4.43. The second kappa shape index (κ2) is 6.67. The summed E-state index contributed by atoms with van der Waals surface area (Å²) in [6.45, 7) is 0. The third kappa shape index (κ3) is 2.93. The second-order valence-corrected chi connectivity index (χ2v) is 6.00. The van der Waals surface area contributed by atoms with Crippen molar-refractivity contribution in [3.8, 4) is 5.75 Å². The third-order valence-corrected chi connectivity index (χ3v) is 4.61. The second-order valence-electron chi connectivity index (χ2n) is 4.95. The maximum absolute atomic E-state index is 12.2. The molecule has 0 unspecified atom stereocenters. The van der Waals surface area contributed by atoms with Gasteiger partial charge in [0.25, 0.3) is 11.8 Å². The Morgan fingerprint density at radius 2 is 2.04 bits per heavy atom. The number of methoxy groups -OCH3 is 1. The fraction of sp³-hybridized carbons (Fsp3) is 0.118. The zero-order chi connectivity index (χ0) is 17.1. The molecule has 24 heavy (non-hydrogen) atoms. The summed E-state index contributed by atoms with van der Waals surface area (Å²) in [6, 6.07) is 8.84. The fourth-order valence-corrected chi connectivity index (χ4v) is 3.42. The Balaban J connectivity index is 1.96. The Labute approximate surface area is 142 Å².